The summed E-state index contributed by atoms with van der Waals surface area (Å²) < 4.78 is 1.68. The van der Waals surface area contributed by atoms with Gasteiger partial charge >= 0.3 is 0 Å². The summed E-state index contributed by atoms with van der Waals surface area (Å²) in [6.45, 7) is 2.78. The van der Waals surface area contributed by atoms with Crippen molar-refractivity contribution in [2.24, 2.45) is 0 Å². The van der Waals surface area contributed by atoms with Crippen LogP contribution in [-0.4, -0.2) is 9.55 Å². The third-order valence-corrected chi connectivity index (χ3v) is 4.13. The summed E-state index contributed by atoms with van der Waals surface area (Å²) in [6.07, 6.45) is 2.59. The molecule has 0 saturated heterocycles. The Morgan fingerprint density at radius 3 is 2.79 bits per heavy atom. The zero-order valence-electron chi connectivity index (χ0n) is 10.7. The smallest absolute Gasteiger partial charge is 0.262 e. The van der Waals surface area contributed by atoms with Crippen LogP contribution in [0.2, 0.25) is 0 Å². The van der Waals surface area contributed by atoms with Gasteiger partial charge in [0.05, 0.1) is 11.7 Å². The molecule has 0 bridgehead atoms. The second-order valence-corrected chi connectivity index (χ2v) is 5.47. The topological polar surface area (TPSA) is 34.9 Å². The van der Waals surface area contributed by atoms with E-state index in [9.17, 15) is 4.79 Å². The summed E-state index contributed by atoms with van der Waals surface area (Å²) in [5.74, 6) is 0. The fraction of sp³-hybridized carbons (Fsp3) is 0.200. The Morgan fingerprint density at radius 1 is 1.26 bits per heavy atom. The number of aromatic nitrogens is 2. The fourth-order valence-electron chi connectivity index (χ4n) is 2.10. The molecule has 2 heterocycles. The maximum Gasteiger partial charge on any atom is 0.262 e. The van der Waals surface area contributed by atoms with Crippen LogP contribution < -0.4 is 5.56 Å². The summed E-state index contributed by atoms with van der Waals surface area (Å²) in [5, 5.41) is 0.722. The maximum atomic E-state index is 12.3. The van der Waals surface area contributed by atoms with Crippen molar-refractivity contribution < 1.29 is 0 Å². The molecular formula is C15H14N2OS. The zero-order chi connectivity index (χ0) is 13.2. The van der Waals surface area contributed by atoms with E-state index in [-0.39, 0.29) is 5.56 Å². The number of aryl methyl sites for hydroxylation is 1. The number of hydrogen-bond acceptors (Lipinski definition) is 3. The van der Waals surface area contributed by atoms with Crippen molar-refractivity contribution in [2.75, 3.05) is 0 Å². The molecule has 0 aliphatic carbocycles. The Morgan fingerprint density at radius 2 is 2.05 bits per heavy atom. The van der Waals surface area contributed by atoms with Crippen LogP contribution in [0.15, 0.2) is 47.5 Å². The van der Waals surface area contributed by atoms with Gasteiger partial charge in [0.15, 0.2) is 0 Å². The number of rotatable bonds is 3. The van der Waals surface area contributed by atoms with Crippen molar-refractivity contribution in [1.29, 1.82) is 0 Å². The Kier molecular flexibility index (Phi) is 3.17. The van der Waals surface area contributed by atoms with Gasteiger partial charge in [-0.1, -0.05) is 37.3 Å². The van der Waals surface area contributed by atoms with Crippen molar-refractivity contribution in [3.05, 3.63) is 53.1 Å². The normalized spacial score (nSPS) is 11.0. The first-order chi connectivity index (χ1) is 9.29. The van der Waals surface area contributed by atoms with Crippen LogP contribution in [-0.2, 0) is 6.54 Å². The molecule has 3 nitrogen and oxygen atoms in total. The van der Waals surface area contributed by atoms with Gasteiger partial charge in [-0.2, -0.15) is 0 Å². The molecule has 0 fully saturated rings. The quantitative estimate of drug-likeness (QED) is 0.729. The van der Waals surface area contributed by atoms with Gasteiger partial charge in [-0.25, -0.2) is 4.98 Å². The van der Waals surface area contributed by atoms with E-state index in [4.69, 9.17) is 0 Å². The first-order valence-electron chi connectivity index (χ1n) is 6.34. The number of thiophene rings is 1. The van der Waals surface area contributed by atoms with Crippen molar-refractivity contribution in [2.45, 2.75) is 19.9 Å². The molecule has 0 aliphatic rings. The van der Waals surface area contributed by atoms with Gasteiger partial charge in [0, 0.05) is 11.4 Å². The van der Waals surface area contributed by atoms with Crippen LogP contribution in [0.3, 0.4) is 0 Å². The lowest BCUT2D eigenvalue weighted by Crippen LogP contribution is -2.19. The molecule has 96 valence electrons. The first-order valence-corrected chi connectivity index (χ1v) is 7.15. The molecule has 0 aliphatic heterocycles. The summed E-state index contributed by atoms with van der Waals surface area (Å²) in [4.78, 5) is 18.6. The first kappa shape index (κ1) is 12.1. The van der Waals surface area contributed by atoms with Gasteiger partial charge in [-0.3, -0.25) is 9.36 Å². The van der Waals surface area contributed by atoms with Gasteiger partial charge in [-0.05, 0) is 18.1 Å². The van der Waals surface area contributed by atoms with E-state index in [1.807, 2.05) is 24.3 Å². The molecular weight excluding hydrogens is 256 g/mol. The van der Waals surface area contributed by atoms with E-state index in [0.717, 1.165) is 33.6 Å². The van der Waals surface area contributed by atoms with Crippen LogP contribution in [0.4, 0.5) is 0 Å². The van der Waals surface area contributed by atoms with Gasteiger partial charge in [0.2, 0.25) is 0 Å². The van der Waals surface area contributed by atoms with Gasteiger partial charge in [0.25, 0.3) is 5.56 Å². The summed E-state index contributed by atoms with van der Waals surface area (Å²) in [7, 11) is 0. The highest BCUT2D eigenvalue weighted by Gasteiger charge is 2.09. The number of hydrogen-bond donors (Lipinski definition) is 0. The monoisotopic (exact) mass is 270 g/mol. The summed E-state index contributed by atoms with van der Waals surface area (Å²) >= 11 is 1.57. The maximum absolute atomic E-state index is 12.3. The molecule has 0 spiro atoms. The minimum Gasteiger partial charge on any atom is -0.299 e. The fourth-order valence-corrected chi connectivity index (χ4v) is 3.10. The Hall–Kier alpha value is -1.94. The van der Waals surface area contributed by atoms with Crippen molar-refractivity contribution in [1.82, 2.24) is 9.55 Å². The SMILES string of the molecule is CCCn1cnc2sc(-c3ccccc3)cc2c1=O. The number of nitrogens with zero attached hydrogens (tertiary/aromatic N) is 2. The average Bonchev–Trinajstić information content (AvgIpc) is 2.88. The van der Waals surface area contributed by atoms with Crippen LogP contribution in [0.1, 0.15) is 13.3 Å². The Labute approximate surface area is 115 Å². The molecule has 0 atom stereocenters. The molecule has 0 saturated carbocycles. The minimum absolute atomic E-state index is 0.0604. The number of benzene rings is 1. The molecule has 3 rings (SSSR count). The van der Waals surface area contributed by atoms with Crippen LogP contribution in [0, 0.1) is 0 Å². The Bertz CT molecular complexity index is 759. The van der Waals surface area contributed by atoms with Crippen molar-refractivity contribution in [3.8, 4) is 10.4 Å². The predicted octanol–water partition coefficient (Wildman–Crippen LogP) is 3.54. The van der Waals surface area contributed by atoms with Crippen molar-refractivity contribution >= 4 is 21.6 Å². The molecule has 1 aromatic carbocycles. The van der Waals surface area contributed by atoms with Gasteiger partial charge < -0.3 is 0 Å². The molecule has 0 N–H and O–H groups in total. The molecule has 0 amide bonds. The third kappa shape index (κ3) is 2.19. The lowest BCUT2D eigenvalue weighted by atomic mass is 10.2. The summed E-state index contributed by atoms with van der Waals surface area (Å²) in [6, 6.07) is 12.1. The Balaban J connectivity index is 2.16. The molecule has 0 radical (unpaired) electrons. The predicted molar refractivity (Wildman–Crippen MR) is 79.6 cm³/mol. The molecule has 3 aromatic rings. The molecule has 0 unspecified atom stereocenters. The van der Waals surface area contributed by atoms with E-state index in [1.54, 1.807) is 22.2 Å². The molecule has 19 heavy (non-hydrogen) atoms. The lowest BCUT2D eigenvalue weighted by Gasteiger charge is -2.01. The highest BCUT2D eigenvalue weighted by molar-refractivity contribution is 7.21. The zero-order valence-corrected chi connectivity index (χ0v) is 11.5. The average molecular weight is 270 g/mol. The molecule has 4 heteroatoms. The van der Waals surface area contributed by atoms with E-state index >= 15 is 0 Å². The summed E-state index contributed by atoms with van der Waals surface area (Å²) in [5.41, 5.74) is 1.19. The van der Waals surface area contributed by atoms with E-state index in [1.165, 1.54) is 0 Å². The standard InChI is InChI=1S/C15H14N2OS/c1-2-8-17-10-16-14-12(15(17)18)9-13(19-14)11-6-4-3-5-7-11/h3-7,9-10H,2,8H2,1H3. The second kappa shape index (κ2) is 4.97. The van der Waals surface area contributed by atoms with E-state index in [2.05, 4.69) is 24.0 Å². The third-order valence-electron chi connectivity index (χ3n) is 3.04. The highest BCUT2D eigenvalue weighted by Crippen LogP contribution is 2.30. The van der Waals surface area contributed by atoms with Gasteiger partial charge in [-0.15, -0.1) is 11.3 Å². The van der Waals surface area contributed by atoms with Crippen LogP contribution in [0.25, 0.3) is 20.7 Å². The second-order valence-electron chi connectivity index (χ2n) is 4.44. The van der Waals surface area contributed by atoms with Crippen LogP contribution in [0.5, 0.6) is 0 Å². The van der Waals surface area contributed by atoms with Crippen LogP contribution >= 0.6 is 11.3 Å². The molecule has 2 aromatic heterocycles. The highest BCUT2D eigenvalue weighted by atomic mass is 32.1. The van der Waals surface area contributed by atoms with E-state index in [0.29, 0.717) is 0 Å². The largest absolute Gasteiger partial charge is 0.299 e. The van der Waals surface area contributed by atoms with Crippen molar-refractivity contribution in [3.63, 3.8) is 0 Å². The van der Waals surface area contributed by atoms with E-state index < -0.39 is 0 Å². The van der Waals surface area contributed by atoms with Gasteiger partial charge in [0.1, 0.15) is 4.83 Å². The lowest BCUT2D eigenvalue weighted by molar-refractivity contribution is 0.648. The number of fused-ring (bicyclic) bond motifs is 1. The minimum atomic E-state index is 0.0604.